The molecular weight excluding hydrogens is 202 g/mol. The van der Waals surface area contributed by atoms with Crippen molar-refractivity contribution in [2.24, 2.45) is 13.0 Å². The average molecular weight is 221 g/mol. The molecule has 1 aliphatic carbocycles. The zero-order chi connectivity index (χ0) is 11.3. The van der Waals surface area contributed by atoms with Crippen molar-refractivity contribution in [3.8, 4) is 0 Å². The van der Waals surface area contributed by atoms with Crippen LogP contribution >= 0.6 is 0 Å². The number of nitrogens with zero attached hydrogens (tertiary/aromatic N) is 2. The molecule has 0 bridgehead atoms. The van der Waals surface area contributed by atoms with Gasteiger partial charge in [0.05, 0.1) is 12.3 Å². The largest absolute Gasteiger partial charge is 0.396 e. The number of hydrogen-bond acceptors (Lipinski definition) is 3. The molecule has 88 valence electrons. The third-order valence-electron chi connectivity index (χ3n) is 4.24. The minimum Gasteiger partial charge on any atom is -0.396 e. The van der Waals surface area contributed by atoms with Crippen molar-refractivity contribution in [3.63, 3.8) is 0 Å². The number of fused-ring (bicyclic) bond motifs is 2. The highest BCUT2D eigenvalue weighted by molar-refractivity contribution is 5.54. The number of aliphatic hydroxyl groups excluding tert-OH is 1. The van der Waals surface area contributed by atoms with E-state index in [1.165, 1.54) is 24.8 Å². The molecule has 4 nitrogen and oxygen atoms in total. The maximum atomic E-state index is 9.65. The number of anilines is 1. The smallest absolute Gasteiger partial charge is 0.128 e. The Morgan fingerprint density at radius 1 is 1.50 bits per heavy atom. The van der Waals surface area contributed by atoms with E-state index in [-0.39, 0.29) is 12.5 Å². The third kappa shape index (κ3) is 1.22. The number of nitrogens with one attached hydrogen (secondary N) is 1. The summed E-state index contributed by atoms with van der Waals surface area (Å²) in [6.45, 7) is 2.29. The quantitative estimate of drug-likeness (QED) is 0.753. The van der Waals surface area contributed by atoms with Gasteiger partial charge in [0, 0.05) is 24.6 Å². The number of aryl methyl sites for hydroxylation is 2. The molecule has 3 unspecified atom stereocenters. The molecule has 0 spiro atoms. The first kappa shape index (κ1) is 10.1. The molecule has 0 amide bonds. The Morgan fingerprint density at radius 2 is 2.31 bits per heavy atom. The Labute approximate surface area is 95.7 Å². The Bertz CT molecular complexity index is 413. The highest BCUT2D eigenvalue weighted by Crippen LogP contribution is 2.46. The normalized spacial score (nSPS) is 32.1. The summed E-state index contributed by atoms with van der Waals surface area (Å²) in [5.41, 5.74) is 2.31. The third-order valence-corrected chi connectivity index (χ3v) is 4.24. The fraction of sp³-hybridized carbons (Fsp3) is 0.750. The summed E-state index contributed by atoms with van der Waals surface area (Å²) in [6, 6.07) is 0.541. The van der Waals surface area contributed by atoms with Gasteiger partial charge in [0.25, 0.3) is 0 Å². The molecule has 1 aromatic heterocycles. The lowest BCUT2D eigenvalue weighted by atomic mass is 9.80. The van der Waals surface area contributed by atoms with E-state index >= 15 is 0 Å². The van der Waals surface area contributed by atoms with Gasteiger partial charge in [0.2, 0.25) is 0 Å². The lowest BCUT2D eigenvalue weighted by Gasteiger charge is -2.34. The van der Waals surface area contributed by atoms with Gasteiger partial charge in [-0.15, -0.1) is 0 Å². The second-order valence-corrected chi connectivity index (χ2v) is 5.11. The lowest BCUT2D eigenvalue weighted by molar-refractivity contribution is 0.216. The van der Waals surface area contributed by atoms with E-state index < -0.39 is 0 Å². The van der Waals surface area contributed by atoms with Gasteiger partial charge in [0.1, 0.15) is 5.82 Å². The van der Waals surface area contributed by atoms with Crippen molar-refractivity contribution < 1.29 is 5.11 Å². The molecule has 0 saturated heterocycles. The minimum atomic E-state index is 0.252. The first-order valence-corrected chi connectivity index (χ1v) is 6.13. The number of aliphatic hydroxyl groups is 1. The summed E-state index contributed by atoms with van der Waals surface area (Å²) in [5, 5.41) is 17.7. The van der Waals surface area contributed by atoms with Crippen molar-refractivity contribution in [3.05, 3.63) is 11.3 Å². The summed E-state index contributed by atoms with van der Waals surface area (Å²) in [4.78, 5) is 0. The van der Waals surface area contributed by atoms with E-state index in [1.54, 1.807) is 0 Å². The van der Waals surface area contributed by atoms with E-state index in [0.717, 1.165) is 11.5 Å². The van der Waals surface area contributed by atoms with Crippen LogP contribution < -0.4 is 5.32 Å². The summed E-state index contributed by atoms with van der Waals surface area (Å²) in [7, 11) is 1.97. The summed E-state index contributed by atoms with van der Waals surface area (Å²) in [6.07, 6.45) is 3.74. The van der Waals surface area contributed by atoms with Crippen molar-refractivity contribution in [1.82, 2.24) is 9.78 Å². The number of rotatable bonds is 1. The second kappa shape index (κ2) is 3.48. The fourth-order valence-electron chi connectivity index (χ4n) is 3.56. The van der Waals surface area contributed by atoms with Crippen molar-refractivity contribution in [2.75, 3.05) is 11.9 Å². The van der Waals surface area contributed by atoms with Crippen LogP contribution in [0.15, 0.2) is 0 Å². The maximum absolute atomic E-state index is 9.65. The van der Waals surface area contributed by atoms with Crippen LogP contribution in [-0.2, 0) is 7.05 Å². The molecular formula is C12H19N3O. The van der Waals surface area contributed by atoms with Crippen LogP contribution in [0.2, 0.25) is 0 Å². The van der Waals surface area contributed by atoms with E-state index in [1.807, 2.05) is 18.7 Å². The van der Waals surface area contributed by atoms with Crippen molar-refractivity contribution in [1.29, 1.82) is 0 Å². The Hall–Kier alpha value is -1.03. The van der Waals surface area contributed by atoms with E-state index in [4.69, 9.17) is 0 Å². The molecule has 3 atom stereocenters. The highest BCUT2D eigenvalue weighted by Gasteiger charge is 2.41. The van der Waals surface area contributed by atoms with Gasteiger partial charge < -0.3 is 10.4 Å². The van der Waals surface area contributed by atoms with Crippen LogP contribution in [0.25, 0.3) is 0 Å². The lowest BCUT2D eigenvalue weighted by Crippen LogP contribution is -2.36. The van der Waals surface area contributed by atoms with Gasteiger partial charge in [-0.1, -0.05) is 6.42 Å². The van der Waals surface area contributed by atoms with Crippen LogP contribution in [0.4, 0.5) is 5.82 Å². The van der Waals surface area contributed by atoms with Crippen molar-refractivity contribution in [2.45, 2.75) is 38.1 Å². The molecule has 2 aliphatic rings. The predicted octanol–water partition coefficient (Wildman–Crippen LogP) is 1.40. The summed E-state index contributed by atoms with van der Waals surface area (Å²) >= 11 is 0. The predicted molar refractivity (Wildman–Crippen MR) is 62.5 cm³/mol. The SMILES string of the molecule is Cc1nn(C)c2c1C(CO)C1CCCC1N2. The first-order valence-electron chi connectivity index (χ1n) is 6.13. The van der Waals surface area contributed by atoms with Crippen LogP contribution in [-0.4, -0.2) is 27.5 Å². The first-order chi connectivity index (χ1) is 7.72. The number of aromatic nitrogens is 2. The zero-order valence-corrected chi connectivity index (χ0v) is 9.90. The van der Waals surface area contributed by atoms with E-state index in [0.29, 0.717) is 12.0 Å². The molecule has 16 heavy (non-hydrogen) atoms. The van der Waals surface area contributed by atoms with E-state index in [2.05, 4.69) is 10.4 Å². The molecule has 1 aromatic rings. The Morgan fingerprint density at radius 3 is 3.06 bits per heavy atom. The van der Waals surface area contributed by atoms with Gasteiger partial charge >= 0.3 is 0 Å². The molecule has 1 aliphatic heterocycles. The standard InChI is InChI=1S/C12H19N3O/c1-7-11-9(6-16)8-4-3-5-10(8)13-12(11)15(2)14-7/h8-10,13,16H,3-6H2,1-2H3. The van der Waals surface area contributed by atoms with Crippen LogP contribution in [0.1, 0.15) is 36.4 Å². The fourth-order valence-corrected chi connectivity index (χ4v) is 3.56. The molecule has 2 N–H and O–H groups in total. The molecule has 2 heterocycles. The summed E-state index contributed by atoms with van der Waals surface area (Å²) in [5.74, 6) is 2.01. The van der Waals surface area contributed by atoms with Crippen molar-refractivity contribution >= 4 is 5.82 Å². The Kier molecular flexibility index (Phi) is 2.21. The van der Waals surface area contributed by atoms with Gasteiger partial charge in [-0.3, -0.25) is 4.68 Å². The molecule has 0 aromatic carbocycles. The topological polar surface area (TPSA) is 50.1 Å². The molecule has 4 heteroatoms. The molecule has 0 radical (unpaired) electrons. The monoisotopic (exact) mass is 221 g/mol. The second-order valence-electron chi connectivity index (χ2n) is 5.11. The molecule has 3 rings (SSSR count). The van der Waals surface area contributed by atoms with Crippen LogP contribution in [0, 0.1) is 12.8 Å². The van der Waals surface area contributed by atoms with Gasteiger partial charge in [-0.2, -0.15) is 5.10 Å². The minimum absolute atomic E-state index is 0.252. The van der Waals surface area contributed by atoms with Crippen LogP contribution in [0.3, 0.4) is 0 Å². The molecule has 1 fully saturated rings. The number of hydrogen-bond donors (Lipinski definition) is 2. The summed E-state index contributed by atoms with van der Waals surface area (Å²) < 4.78 is 1.92. The van der Waals surface area contributed by atoms with E-state index in [9.17, 15) is 5.11 Å². The molecule has 1 saturated carbocycles. The average Bonchev–Trinajstić information content (AvgIpc) is 2.82. The maximum Gasteiger partial charge on any atom is 0.128 e. The van der Waals surface area contributed by atoms with Gasteiger partial charge in [-0.25, -0.2) is 0 Å². The van der Waals surface area contributed by atoms with Crippen LogP contribution in [0.5, 0.6) is 0 Å². The highest BCUT2D eigenvalue weighted by atomic mass is 16.3. The Balaban J connectivity index is 2.09. The van der Waals surface area contributed by atoms with Gasteiger partial charge in [-0.05, 0) is 25.7 Å². The van der Waals surface area contributed by atoms with Gasteiger partial charge in [0.15, 0.2) is 0 Å². The zero-order valence-electron chi connectivity index (χ0n) is 9.90.